The van der Waals surface area contributed by atoms with Crippen molar-refractivity contribution in [1.82, 2.24) is 10.2 Å². The Morgan fingerprint density at radius 2 is 1.89 bits per heavy atom. The van der Waals surface area contributed by atoms with Gasteiger partial charge in [-0.15, -0.1) is 0 Å². The minimum atomic E-state index is 0.588. The molecule has 0 radical (unpaired) electrons. The van der Waals surface area contributed by atoms with E-state index in [4.69, 9.17) is 0 Å². The van der Waals surface area contributed by atoms with Gasteiger partial charge in [-0.1, -0.05) is 26.7 Å². The maximum atomic E-state index is 3.34. The highest BCUT2D eigenvalue weighted by molar-refractivity contribution is 4.87. The van der Waals surface area contributed by atoms with Crippen molar-refractivity contribution in [2.24, 2.45) is 5.41 Å². The Hall–Kier alpha value is -0.0800. The van der Waals surface area contributed by atoms with Crippen molar-refractivity contribution in [2.75, 3.05) is 20.1 Å². The molecule has 0 spiro atoms. The molecule has 1 N–H and O–H groups in total. The van der Waals surface area contributed by atoms with E-state index in [1.165, 1.54) is 70.9 Å². The molecule has 2 aliphatic rings. The van der Waals surface area contributed by atoms with Crippen LogP contribution in [0.4, 0.5) is 0 Å². The van der Waals surface area contributed by atoms with E-state index in [9.17, 15) is 0 Å². The summed E-state index contributed by atoms with van der Waals surface area (Å²) in [4.78, 5) is 2.89. The average Bonchev–Trinajstić information content (AvgIpc) is 2.58. The topological polar surface area (TPSA) is 15.3 Å². The van der Waals surface area contributed by atoms with E-state index in [0.717, 1.165) is 12.1 Å². The van der Waals surface area contributed by atoms with Crippen molar-refractivity contribution < 1.29 is 0 Å². The number of hydrogen-bond acceptors (Lipinski definition) is 2. The highest BCUT2D eigenvalue weighted by Crippen LogP contribution is 2.37. The van der Waals surface area contributed by atoms with Crippen LogP contribution in [-0.4, -0.2) is 37.1 Å². The predicted octanol–water partition coefficient (Wildman–Crippen LogP) is 3.81. The summed E-state index contributed by atoms with van der Waals surface area (Å²) in [5.74, 6) is 0. The van der Waals surface area contributed by atoms with Crippen LogP contribution >= 0.6 is 0 Å². The van der Waals surface area contributed by atoms with Crippen molar-refractivity contribution in [3.8, 4) is 0 Å². The van der Waals surface area contributed by atoms with E-state index >= 15 is 0 Å². The largest absolute Gasteiger partial charge is 0.320 e. The van der Waals surface area contributed by atoms with Gasteiger partial charge in [-0.3, -0.25) is 4.90 Å². The zero-order chi connectivity index (χ0) is 13.7. The molecule has 2 atom stereocenters. The lowest BCUT2D eigenvalue weighted by atomic mass is 9.85. The second-order valence-electron chi connectivity index (χ2n) is 7.53. The summed E-state index contributed by atoms with van der Waals surface area (Å²) in [7, 11) is 2.08. The molecule has 0 aromatic carbocycles. The summed E-state index contributed by atoms with van der Waals surface area (Å²) in [5, 5.41) is 3.34. The fourth-order valence-corrected chi connectivity index (χ4v) is 4.10. The van der Waals surface area contributed by atoms with E-state index in [2.05, 4.69) is 31.1 Å². The van der Waals surface area contributed by atoms with Crippen LogP contribution in [0.2, 0.25) is 0 Å². The minimum Gasteiger partial charge on any atom is -0.320 e. The Bertz CT molecular complexity index is 262. The lowest BCUT2D eigenvalue weighted by Gasteiger charge is -2.41. The van der Waals surface area contributed by atoms with Gasteiger partial charge in [0.05, 0.1) is 0 Å². The molecular weight excluding hydrogens is 232 g/mol. The molecule has 0 aromatic heterocycles. The van der Waals surface area contributed by atoms with Crippen LogP contribution in [0.5, 0.6) is 0 Å². The molecule has 2 fully saturated rings. The Balaban J connectivity index is 1.93. The normalized spacial score (nSPS) is 33.0. The lowest BCUT2D eigenvalue weighted by molar-refractivity contribution is 0.0786. The van der Waals surface area contributed by atoms with Gasteiger partial charge in [0.25, 0.3) is 0 Å². The molecule has 1 aliphatic heterocycles. The van der Waals surface area contributed by atoms with Crippen LogP contribution < -0.4 is 5.32 Å². The third-order valence-corrected chi connectivity index (χ3v) is 5.41. The van der Waals surface area contributed by atoms with Gasteiger partial charge in [-0.25, -0.2) is 0 Å². The molecule has 0 amide bonds. The molecular formula is C17H34N2. The van der Waals surface area contributed by atoms with Crippen LogP contribution in [0, 0.1) is 5.41 Å². The van der Waals surface area contributed by atoms with Crippen LogP contribution in [0.15, 0.2) is 0 Å². The molecule has 112 valence electrons. The molecule has 0 bridgehead atoms. The van der Waals surface area contributed by atoms with Gasteiger partial charge in [-0.05, 0) is 70.5 Å². The molecule has 1 aliphatic carbocycles. The molecule has 2 nitrogen and oxygen atoms in total. The predicted molar refractivity (Wildman–Crippen MR) is 83.5 cm³/mol. The first kappa shape index (κ1) is 15.3. The molecule has 2 rings (SSSR count). The van der Waals surface area contributed by atoms with Crippen molar-refractivity contribution in [2.45, 2.75) is 83.7 Å². The van der Waals surface area contributed by atoms with E-state index in [0.29, 0.717) is 5.41 Å². The molecule has 1 saturated carbocycles. The number of nitrogens with zero attached hydrogens (tertiary/aromatic N) is 1. The van der Waals surface area contributed by atoms with Crippen molar-refractivity contribution in [3.05, 3.63) is 0 Å². The highest BCUT2D eigenvalue weighted by Gasteiger charge is 2.32. The SMILES string of the molecule is CNCCC1CCCCN1C1CCCC(C)(C)CC1. The summed E-state index contributed by atoms with van der Waals surface area (Å²) >= 11 is 0. The zero-order valence-electron chi connectivity index (χ0n) is 13.4. The van der Waals surface area contributed by atoms with Crippen molar-refractivity contribution in [3.63, 3.8) is 0 Å². The van der Waals surface area contributed by atoms with Crippen LogP contribution in [-0.2, 0) is 0 Å². The zero-order valence-corrected chi connectivity index (χ0v) is 13.4. The summed E-state index contributed by atoms with van der Waals surface area (Å²) < 4.78 is 0. The Labute approximate surface area is 120 Å². The van der Waals surface area contributed by atoms with E-state index < -0.39 is 0 Å². The van der Waals surface area contributed by atoms with Gasteiger partial charge < -0.3 is 5.32 Å². The highest BCUT2D eigenvalue weighted by atomic mass is 15.2. The fraction of sp³-hybridized carbons (Fsp3) is 1.00. The minimum absolute atomic E-state index is 0.588. The quantitative estimate of drug-likeness (QED) is 0.778. The van der Waals surface area contributed by atoms with Gasteiger partial charge in [-0.2, -0.15) is 0 Å². The maximum absolute atomic E-state index is 3.34. The third kappa shape index (κ3) is 4.46. The third-order valence-electron chi connectivity index (χ3n) is 5.41. The number of rotatable bonds is 4. The van der Waals surface area contributed by atoms with Gasteiger partial charge in [0, 0.05) is 12.1 Å². The molecule has 2 unspecified atom stereocenters. The molecule has 1 heterocycles. The summed E-state index contributed by atoms with van der Waals surface area (Å²) in [6.45, 7) is 7.47. The molecule has 19 heavy (non-hydrogen) atoms. The molecule has 2 heteroatoms. The smallest absolute Gasteiger partial charge is 0.0110 e. The first-order valence-corrected chi connectivity index (χ1v) is 8.53. The Kier molecular flexibility index (Phi) is 5.70. The first-order chi connectivity index (χ1) is 9.12. The summed E-state index contributed by atoms with van der Waals surface area (Å²) in [6, 6.07) is 1.73. The van der Waals surface area contributed by atoms with Crippen LogP contribution in [0.25, 0.3) is 0 Å². The van der Waals surface area contributed by atoms with E-state index in [1.807, 2.05) is 0 Å². The molecule has 0 aromatic rings. The van der Waals surface area contributed by atoms with Crippen molar-refractivity contribution >= 4 is 0 Å². The second kappa shape index (κ2) is 7.08. The number of nitrogens with one attached hydrogen (secondary N) is 1. The fourth-order valence-electron chi connectivity index (χ4n) is 4.10. The maximum Gasteiger partial charge on any atom is 0.0110 e. The van der Waals surface area contributed by atoms with Gasteiger partial charge in [0.1, 0.15) is 0 Å². The van der Waals surface area contributed by atoms with Crippen LogP contribution in [0.3, 0.4) is 0 Å². The Morgan fingerprint density at radius 1 is 1.05 bits per heavy atom. The number of hydrogen-bond donors (Lipinski definition) is 1. The number of likely N-dealkylation sites (tertiary alicyclic amines) is 1. The van der Waals surface area contributed by atoms with E-state index in [-0.39, 0.29) is 0 Å². The van der Waals surface area contributed by atoms with Gasteiger partial charge in [0.15, 0.2) is 0 Å². The van der Waals surface area contributed by atoms with Crippen molar-refractivity contribution in [1.29, 1.82) is 0 Å². The van der Waals surface area contributed by atoms with E-state index in [1.54, 1.807) is 0 Å². The second-order valence-corrected chi connectivity index (χ2v) is 7.53. The summed E-state index contributed by atoms with van der Waals surface area (Å²) in [6.07, 6.45) is 12.8. The monoisotopic (exact) mass is 266 g/mol. The van der Waals surface area contributed by atoms with Gasteiger partial charge >= 0.3 is 0 Å². The number of piperidine rings is 1. The standard InChI is InChI=1S/C17H34N2/c1-17(2)11-6-8-15(9-12-17)19-14-5-4-7-16(19)10-13-18-3/h15-16,18H,4-14H2,1-3H3. The average molecular weight is 266 g/mol. The van der Waals surface area contributed by atoms with Gasteiger partial charge in [0.2, 0.25) is 0 Å². The molecule has 1 saturated heterocycles. The first-order valence-electron chi connectivity index (χ1n) is 8.53. The van der Waals surface area contributed by atoms with Crippen LogP contribution in [0.1, 0.15) is 71.6 Å². The summed E-state index contributed by atoms with van der Waals surface area (Å²) in [5.41, 5.74) is 0.588. The lowest BCUT2D eigenvalue weighted by Crippen LogP contribution is -2.47. The Morgan fingerprint density at radius 3 is 2.68 bits per heavy atom.